The molecule has 0 aliphatic carbocycles. The Morgan fingerprint density at radius 2 is 1.65 bits per heavy atom. The monoisotopic (exact) mass is 670 g/mol. The lowest BCUT2D eigenvalue weighted by molar-refractivity contribution is -0.139. The van der Waals surface area contributed by atoms with E-state index in [4.69, 9.17) is 9.47 Å². The molecule has 2 unspecified atom stereocenters. The van der Waals surface area contributed by atoms with Crippen molar-refractivity contribution in [1.29, 1.82) is 0 Å². The zero-order chi connectivity index (χ0) is 36.2. The van der Waals surface area contributed by atoms with E-state index in [1.807, 2.05) is 71.9 Å². The normalized spacial score (nSPS) is 14.8. The third-order valence-corrected chi connectivity index (χ3v) is 8.54. The zero-order valence-corrected chi connectivity index (χ0v) is 30.4. The van der Waals surface area contributed by atoms with Crippen LogP contribution in [0.2, 0.25) is 0 Å². The van der Waals surface area contributed by atoms with Crippen molar-refractivity contribution in [3.8, 4) is 5.75 Å². The van der Waals surface area contributed by atoms with Gasteiger partial charge in [-0.2, -0.15) is 0 Å². The van der Waals surface area contributed by atoms with Crippen LogP contribution in [0, 0.1) is 39.0 Å². The van der Waals surface area contributed by atoms with Gasteiger partial charge in [-0.25, -0.2) is 14.5 Å². The summed E-state index contributed by atoms with van der Waals surface area (Å²) in [5, 5.41) is 2.91. The lowest BCUT2D eigenvalue weighted by Gasteiger charge is -2.23. The molecule has 49 heavy (non-hydrogen) atoms. The fourth-order valence-corrected chi connectivity index (χ4v) is 6.20. The first-order valence-electron chi connectivity index (χ1n) is 16.8. The van der Waals surface area contributed by atoms with E-state index in [0.717, 1.165) is 40.1 Å². The van der Waals surface area contributed by atoms with Crippen molar-refractivity contribution in [2.45, 2.75) is 87.8 Å². The lowest BCUT2D eigenvalue weighted by Crippen LogP contribution is -2.46. The number of imide groups is 1. The van der Waals surface area contributed by atoms with Crippen molar-refractivity contribution >= 4 is 41.3 Å². The fraction of sp³-hybridized carbons (Fsp3) is 0.436. The number of para-hydroxylation sites is 1. The highest BCUT2D eigenvalue weighted by molar-refractivity contribution is 6.42. The predicted octanol–water partition coefficient (Wildman–Crippen LogP) is 7.87. The maximum Gasteiger partial charge on any atom is 0.409 e. The maximum absolute atomic E-state index is 13.5. The molecular formula is C39H50N4O6. The van der Waals surface area contributed by atoms with E-state index in [0.29, 0.717) is 35.5 Å². The summed E-state index contributed by atoms with van der Waals surface area (Å²) in [5.41, 5.74) is 6.85. The summed E-state index contributed by atoms with van der Waals surface area (Å²) in [5.74, 6) is -0.358. The topological polar surface area (TPSA) is 121 Å². The van der Waals surface area contributed by atoms with E-state index in [-0.39, 0.29) is 30.0 Å². The molecule has 1 aromatic heterocycles. The first-order chi connectivity index (χ1) is 22.9. The van der Waals surface area contributed by atoms with E-state index >= 15 is 0 Å². The van der Waals surface area contributed by atoms with Gasteiger partial charge in [-0.3, -0.25) is 9.59 Å². The minimum Gasteiger partial charge on any atom is -0.445 e. The van der Waals surface area contributed by atoms with Gasteiger partial charge >= 0.3 is 18.1 Å². The molecule has 0 bridgehead atoms. The Labute approximate surface area is 289 Å². The number of carbonyl (C=O) groups excluding carboxylic acids is 4. The van der Waals surface area contributed by atoms with Gasteiger partial charge in [-0.05, 0) is 105 Å². The Morgan fingerprint density at radius 3 is 2.27 bits per heavy atom. The summed E-state index contributed by atoms with van der Waals surface area (Å²) in [6.45, 7) is 18.0. The van der Waals surface area contributed by atoms with Gasteiger partial charge in [0.05, 0.1) is 17.2 Å². The number of esters is 1. The summed E-state index contributed by atoms with van der Waals surface area (Å²) < 4.78 is 11.3. The van der Waals surface area contributed by atoms with Gasteiger partial charge < -0.3 is 24.7 Å². The molecule has 1 aliphatic heterocycles. The predicted molar refractivity (Wildman–Crippen MR) is 192 cm³/mol. The van der Waals surface area contributed by atoms with Gasteiger partial charge in [0, 0.05) is 36.6 Å². The molecule has 1 aliphatic rings. The number of rotatable bonds is 10. The van der Waals surface area contributed by atoms with Gasteiger partial charge in [0.15, 0.2) is 0 Å². The second-order valence-electron chi connectivity index (χ2n) is 14.5. The zero-order valence-electron chi connectivity index (χ0n) is 30.4. The molecule has 2 heterocycles. The maximum atomic E-state index is 13.5. The Balaban J connectivity index is 1.29. The van der Waals surface area contributed by atoms with Crippen LogP contribution >= 0.6 is 0 Å². The van der Waals surface area contributed by atoms with Gasteiger partial charge in [0.2, 0.25) is 0 Å². The van der Waals surface area contributed by atoms with Gasteiger partial charge in [0.25, 0.3) is 5.91 Å². The molecule has 262 valence electrons. The van der Waals surface area contributed by atoms with Crippen molar-refractivity contribution in [3.63, 3.8) is 0 Å². The third kappa shape index (κ3) is 9.19. The van der Waals surface area contributed by atoms with Gasteiger partial charge in [-0.1, -0.05) is 45.9 Å². The second-order valence-corrected chi connectivity index (χ2v) is 14.5. The fourth-order valence-electron chi connectivity index (χ4n) is 6.20. The molecule has 2 N–H and O–H groups in total. The smallest absolute Gasteiger partial charge is 0.409 e. The van der Waals surface area contributed by atoms with Crippen LogP contribution in [0.5, 0.6) is 5.75 Å². The number of ether oxygens (including phenoxy) is 2. The van der Waals surface area contributed by atoms with Crippen molar-refractivity contribution in [2.24, 2.45) is 11.3 Å². The molecule has 10 heteroatoms. The lowest BCUT2D eigenvalue weighted by atomic mass is 9.85. The number of aryl methyl sites for hydroxylation is 4. The standard InChI is InChI=1S/C39H50N4O6/c1-23-17-28(6)40-32(23)20-31-30-13-11-12-14-33(30)43(35(31)44)37(46)41-27(5)15-16-42(10)38(47)48-22-29-18-24(2)34(25(3)19-29)49-36(45)26(4)21-39(7,8)9/h11-14,17-20,26-27,40H,15-16,21-22H2,1-10H3,(H,41,46)/b31-20-. The average Bonchev–Trinajstić information content (AvgIpc) is 3.48. The number of anilines is 1. The van der Waals surface area contributed by atoms with Crippen LogP contribution < -0.4 is 15.0 Å². The molecule has 0 spiro atoms. The number of nitrogens with zero attached hydrogens (tertiary/aromatic N) is 2. The van der Waals surface area contributed by atoms with Crippen LogP contribution in [-0.2, 0) is 20.9 Å². The van der Waals surface area contributed by atoms with Crippen LogP contribution in [0.25, 0.3) is 11.6 Å². The molecule has 0 radical (unpaired) electrons. The van der Waals surface area contributed by atoms with E-state index in [9.17, 15) is 19.2 Å². The summed E-state index contributed by atoms with van der Waals surface area (Å²) in [6, 6.07) is 12.1. The Kier molecular flexibility index (Phi) is 11.4. The van der Waals surface area contributed by atoms with Crippen LogP contribution in [-0.4, -0.2) is 53.5 Å². The first kappa shape index (κ1) is 37.0. The number of aromatic amines is 1. The van der Waals surface area contributed by atoms with E-state index < -0.39 is 18.0 Å². The molecule has 0 saturated heterocycles. The number of H-pyrrole nitrogens is 1. The molecule has 4 rings (SSSR count). The summed E-state index contributed by atoms with van der Waals surface area (Å²) in [4.78, 5) is 58.3. The van der Waals surface area contributed by atoms with Crippen LogP contribution in [0.15, 0.2) is 42.5 Å². The summed E-state index contributed by atoms with van der Waals surface area (Å²) >= 11 is 0. The molecule has 4 amide bonds. The van der Waals surface area contributed by atoms with E-state index in [1.54, 1.807) is 25.3 Å². The molecule has 2 aromatic carbocycles. The number of benzene rings is 2. The number of amides is 4. The molecule has 2 atom stereocenters. The Morgan fingerprint density at radius 1 is 1.00 bits per heavy atom. The Bertz CT molecular complexity index is 1740. The number of nitrogens with one attached hydrogen (secondary N) is 2. The third-order valence-electron chi connectivity index (χ3n) is 8.54. The summed E-state index contributed by atoms with van der Waals surface area (Å²) in [6.07, 6.45) is 2.45. The highest BCUT2D eigenvalue weighted by Crippen LogP contribution is 2.38. The number of hydrogen-bond donors (Lipinski definition) is 2. The molecule has 10 nitrogen and oxygen atoms in total. The Hall–Kier alpha value is -4.86. The molecule has 0 fully saturated rings. The van der Waals surface area contributed by atoms with Crippen LogP contribution in [0.3, 0.4) is 0 Å². The molecule has 0 saturated carbocycles. The second kappa shape index (κ2) is 15.1. The minimum absolute atomic E-state index is 0.0144. The van der Waals surface area contributed by atoms with Crippen LogP contribution in [0.4, 0.5) is 15.3 Å². The van der Waals surface area contributed by atoms with Crippen LogP contribution in [0.1, 0.15) is 86.7 Å². The number of hydrogen-bond acceptors (Lipinski definition) is 6. The highest BCUT2D eigenvalue weighted by Gasteiger charge is 2.37. The van der Waals surface area contributed by atoms with Crippen molar-refractivity contribution in [2.75, 3.05) is 18.5 Å². The average molecular weight is 671 g/mol. The SMILES string of the molecule is Cc1cc(C)c(/C=C2\C(=O)N(C(=O)NC(C)CCN(C)C(=O)OCc3cc(C)c(OC(=O)C(C)CC(C)(C)C)c(C)c3)c3ccccc32)[nH]1. The number of fused-ring (bicyclic) bond motifs is 1. The summed E-state index contributed by atoms with van der Waals surface area (Å²) in [7, 11) is 1.64. The van der Waals surface area contributed by atoms with Crippen molar-refractivity contribution in [3.05, 3.63) is 81.7 Å². The quantitative estimate of drug-likeness (QED) is 0.129. The first-order valence-corrected chi connectivity index (χ1v) is 16.8. The number of aromatic nitrogens is 1. The van der Waals surface area contributed by atoms with Gasteiger partial charge in [-0.15, -0.1) is 0 Å². The van der Waals surface area contributed by atoms with Crippen molar-refractivity contribution < 1.29 is 28.7 Å². The molecular weight excluding hydrogens is 620 g/mol. The minimum atomic E-state index is -0.526. The largest absolute Gasteiger partial charge is 0.445 e. The number of carbonyl (C=O) groups is 4. The number of urea groups is 1. The molecule has 3 aromatic rings. The highest BCUT2D eigenvalue weighted by atomic mass is 16.6. The van der Waals surface area contributed by atoms with E-state index in [1.165, 1.54) is 9.80 Å². The van der Waals surface area contributed by atoms with Crippen molar-refractivity contribution in [1.82, 2.24) is 15.2 Å². The van der Waals surface area contributed by atoms with E-state index in [2.05, 4.69) is 31.1 Å². The van der Waals surface area contributed by atoms with Gasteiger partial charge in [0.1, 0.15) is 12.4 Å².